The van der Waals surface area contributed by atoms with Gasteiger partial charge < -0.3 is 10.5 Å². The molecule has 92 valence electrons. The molecule has 0 radical (unpaired) electrons. The molecule has 5 heteroatoms. The lowest BCUT2D eigenvalue weighted by Crippen LogP contribution is -2.13. The Kier molecular flexibility index (Phi) is 3.57. The number of thioether (sulfide) groups is 1. The van der Waals surface area contributed by atoms with E-state index >= 15 is 0 Å². The molecule has 0 saturated heterocycles. The third-order valence-electron chi connectivity index (χ3n) is 3.05. The summed E-state index contributed by atoms with van der Waals surface area (Å²) in [7, 11) is 1.44. The van der Waals surface area contributed by atoms with E-state index in [2.05, 4.69) is 4.98 Å². The third kappa shape index (κ3) is 3.12. The molecule has 17 heavy (non-hydrogen) atoms. The van der Waals surface area contributed by atoms with Gasteiger partial charge in [-0.25, -0.2) is 0 Å². The Morgan fingerprint density at radius 1 is 1.65 bits per heavy atom. The molecule has 1 saturated carbocycles. The van der Waals surface area contributed by atoms with Crippen molar-refractivity contribution in [1.82, 2.24) is 4.98 Å². The summed E-state index contributed by atoms with van der Waals surface area (Å²) in [5, 5.41) is 0. The molecule has 1 aliphatic rings. The summed E-state index contributed by atoms with van der Waals surface area (Å²) in [6, 6.07) is 1.91. The Bertz CT molecular complexity index is 419. The fourth-order valence-corrected chi connectivity index (χ4v) is 2.91. The molecule has 0 bridgehead atoms. The van der Waals surface area contributed by atoms with Crippen molar-refractivity contribution in [3.05, 3.63) is 18.5 Å². The van der Waals surface area contributed by atoms with Gasteiger partial charge in [0.15, 0.2) is 0 Å². The maximum atomic E-state index is 11.3. The predicted octanol–water partition coefficient (Wildman–Crippen LogP) is 2.10. The molecule has 1 aromatic rings. The summed E-state index contributed by atoms with van der Waals surface area (Å²) in [6.07, 6.45) is 6.10. The molecular weight excluding hydrogens is 236 g/mol. The third-order valence-corrected chi connectivity index (χ3v) is 4.49. The highest BCUT2D eigenvalue weighted by molar-refractivity contribution is 7.99. The average molecular weight is 252 g/mol. The van der Waals surface area contributed by atoms with Crippen LogP contribution in [-0.4, -0.2) is 23.8 Å². The van der Waals surface area contributed by atoms with E-state index in [0.717, 1.165) is 23.5 Å². The Hall–Kier alpha value is -1.23. The Morgan fingerprint density at radius 3 is 3.00 bits per heavy atom. The summed E-state index contributed by atoms with van der Waals surface area (Å²) in [6.45, 7) is 0. The second-order valence-electron chi connectivity index (χ2n) is 4.46. The van der Waals surface area contributed by atoms with Crippen molar-refractivity contribution in [2.75, 3.05) is 18.6 Å². The Balaban J connectivity index is 1.90. The molecule has 2 rings (SSSR count). The smallest absolute Gasteiger partial charge is 0.306 e. The topological polar surface area (TPSA) is 65.2 Å². The van der Waals surface area contributed by atoms with E-state index in [1.165, 1.54) is 7.11 Å². The molecule has 1 heterocycles. The predicted molar refractivity (Wildman–Crippen MR) is 67.7 cm³/mol. The van der Waals surface area contributed by atoms with Gasteiger partial charge in [-0.05, 0) is 24.3 Å². The number of anilines is 1. The van der Waals surface area contributed by atoms with Crippen molar-refractivity contribution in [2.45, 2.75) is 24.2 Å². The molecule has 0 aromatic carbocycles. The highest BCUT2D eigenvalue weighted by atomic mass is 32.2. The molecule has 0 amide bonds. The molecule has 1 aromatic heterocycles. The number of nitrogens with two attached hydrogens (primary N) is 1. The zero-order valence-electron chi connectivity index (χ0n) is 9.81. The number of hydrogen-bond donors (Lipinski definition) is 1. The highest BCUT2D eigenvalue weighted by Crippen LogP contribution is 2.52. The number of carbonyl (C=O) groups excluding carboxylic acids is 1. The molecule has 0 atom stereocenters. The number of esters is 1. The molecule has 4 nitrogen and oxygen atoms in total. The normalized spacial score (nSPS) is 16.5. The second kappa shape index (κ2) is 4.96. The van der Waals surface area contributed by atoms with Crippen LogP contribution in [0.15, 0.2) is 23.4 Å². The molecule has 0 spiro atoms. The Labute approximate surface area is 105 Å². The van der Waals surface area contributed by atoms with Gasteiger partial charge in [0.1, 0.15) is 0 Å². The first-order valence-corrected chi connectivity index (χ1v) is 6.53. The van der Waals surface area contributed by atoms with Crippen molar-refractivity contribution < 1.29 is 9.53 Å². The number of carbonyl (C=O) groups is 1. The number of pyridine rings is 1. The maximum Gasteiger partial charge on any atom is 0.306 e. The largest absolute Gasteiger partial charge is 0.469 e. The number of aromatic nitrogens is 1. The number of methoxy groups -OCH3 is 1. The number of rotatable bonds is 5. The SMILES string of the molecule is COC(=O)CC1(CSc2ccncc2N)CC1. The van der Waals surface area contributed by atoms with Gasteiger partial charge in [0.2, 0.25) is 0 Å². The van der Waals surface area contributed by atoms with Gasteiger partial charge in [-0.15, -0.1) is 11.8 Å². The number of hydrogen-bond acceptors (Lipinski definition) is 5. The van der Waals surface area contributed by atoms with Crippen LogP contribution >= 0.6 is 11.8 Å². The lowest BCUT2D eigenvalue weighted by Gasteiger charge is -2.13. The summed E-state index contributed by atoms with van der Waals surface area (Å²) < 4.78 is 4.72. The summed E-state index contributed by atoms with van der Waals surface area (Å²) >= 11 is 1.70. The van der Waals surface area contributed by atoms with Crippen LogP contribution < -0.4 is 5.73 Å². The summed E-state index contributed by atoms with van der Waals surface area (Å²) in [5.41, 5.74) is 6.66. The first-order valence-electron chi connectivity index (χ1n) is 5.54. The summed E-state index contributed by atoms with van der Waals surface area (Å²) in [5.74, 6) is 0.793. The zero-order chi connectivity index (χ0) is 12.3. The first-order chi connectivity index (χ1) is 8.15. The van der Waals surface area contributed by atoms with E-state index < -0.39 is 0 Å². The first kappa shape index (κ1) is 12.2. The fourth-order valence-electron chi connectivity index (χ4n) is 1.68. The van der Waals surface area contributed by atoms with Gasteiger partial charge in [-0.3, -0.25) is 9.78 Å². The van der Waals surface area contributed by atoms with E-state index in [1.54, 1.807) is 24.2 Å². The van der Waals surface area contributed by atoms with Gasteiger partial charge >= 0.3 is 5.97 Å². The Morgan fingerprint density at radius 2 is 2.41 bits per heavy atom. The number of nitrogen functional groups attached to an aromatic ring is 1. The van der Waals surface area contributed by atoms with E-state index in [-0.39, 0.29) is 11.4 Å². The van der Waals surface area contributed by atoms with Crippen molar-refractivity contribution in [1.29, 1.82) is 0 Å². The quantitative estimate of drug-likeness (QED) is 0.642. The fraction of sp³-hybridized carbons (Fsp3) is 0.500. The lowest BCUT2D eigenvalue weighted by molar-refractivity contribution is -0.141. The highest BCUT2D eigenvalue weighted by Gasteiger charge is 2.44. The zero-order valence-corrected chi connectivity index (χ0v) is 10.6. The standard InChI is InChI=1S/C12H16N2O2S/c1-16-11(15)6-12(3-4-12)8-17-10-2-5-14-7-9(10)13/h2,5,7H,3-4,6,8,13H2,1H3. The van der Waals surface area contributed by atoms with Crippen LogP contribution in [0.4, 0.5) is 5.69 Å². The van der Waals surface area contributed by atoms with Crippen LogP contribution in [0.2, 0.25) is 0 Å². The van der Waals surface area contributed by atoms with E-state index in [0.29, 0.717) is 12.1 Å². The van der Waals surface area contributed by atoms with Crippen LogP contribution in [0.1, 0.15) is 19.3 Å². The summed E-state index contributed by atoms with van der Waals surface area (Å²) in [4.78, 5) is 16.3. The lowest BCUT2D eigenvalue weighted by atomic mass is 10.1. The van der Waals surface area contributed by atoms with E-state index in [1.807, 2.05) is 6.07 Å². The van der Waals surface area contributed by atoms with E-state index in [9.17, 15) is 4.79 Å². The monoisotopic (exact) mass is 252 g/mol. The maximum absolute atomic E-state index is 11.3. The van der Waals surface area contributed by atoms with Gasteiger partial charge in [-0.2, -0.15) is 0 Å². The molecule has 1 aliphatic carbocycles. The van der Waals surface area contributed by atoms with Crippen molar-refractivity contribution >= 4 is 23.4 Å². The van der Waals surface area contributed by atoms with Gasteiger partial charge in [0.25, 0.3) is 0 Å². The minimum absolute atomic E-state index is 0.120. The van der Waals surface area contributed by atoms with Crippen LogP contribution in [0.25, 0.3) is 0 Å². The van der Waals surface area contributed by atoms with Gasteiger partial charge in [0, 0.05) is 16.8 Å². The number of ether oxygens (including phenoxy) is 1. The molecule has 2 N–H and O–H groups in total. The molecule has 0 aliphatic heterocycles. The average Bonchev–Trinajstić information content (AvgIpc) is 3.08. The van der Waals surface area contributed by atoms with Crippen LogP contribution in [0.5, 0.6) is 0 Å². The molecule has 0 unspecified atom stereocenters. The van der Waals surface area contributed by atoms with Gasteiger partial charge in [0.05, 0.1) is 25.4 Å². The molecular formula is C12H16N2O2S. The van der Waals surface area contributed by atoms with Crippen molar-refractivity contribution in [2.24, 2.45) is 5.41 Å². The van der Waals surface area contributed by atoms with E-state index in [4.69, 9.17) is 10.5 Å². The molecule has 1 fully saturated rings. The van der Waals surface area contributed by atoms with Gasteiger partial charge in [-0.1, -0.05) is 0 Å². The second-order valence-corrected chi connectivity index (χ2v) is 5.47. The van der Waals surface area contributed by atoms with Crippen LogP contribution in [0.3, 0.4) is 0 Å². The van der Waals surface area contributed by atoms with Crippen molar-refractivity contribution in [3.8, 4) is 0 Å². The van der Waals surface area contributed by atoms with Crippen molar-refractivity contribution in [3.63, 3.8) is 0 Å². The number of nitrogens with zero attached hydrogens (tertiary/aromatic N) is 1. The minimum Gasteiger partial charge on any atom is -0.469 e. The van der Waals surface area contributed by atoms with Crippen LogP contribution in [-0.2, 0) is 9.53 Å². The minimum atomic E-state index is -0.120. The van der Waals surface area contributed by atoms with Crippen LogP contribution in [0, 0.1) is 5.41 Å².